The maximum absolute atomic E-state index is 5.91. The molecule has 0 bridgehead atoms. The predicted octanol–water partition coefficient (Wildman–Crippen LogP) is 2.57. The molecule has 1 saturated heterocycles. The molecule has 1 heterocycles. The van der Waals surface area contributed by atoms with Gasteiger partial charge in [-0.05, 0) is 45.5 Å². The topological polar surface area (TPSA) is 52.1 Å². The highest BCUT2D eigenvalue weighted by Crippen LogP contribution is 2.15. The van der Waals surface area contributed by atoms with Crippen LogP contribution in [-0.4, -0.2) is 82.3 Å². The fourth-order valence-corrected chi connectivity index (χ4v) is 3.24. The number of halogens is 1. The van der Waals surface area contributed by atoms with E-state index in [2.05, 4.69) is 63.7 Å². The van der Waals surface area contributed by atoms with Gasteiger partial charge in [-0.3, -0.25) is 4.99 Å². The maximum atomic E-state index is 5.91. The van der Waals surface area contributed by atoms with Crippen molar-refractivity contribution >= 4 is 29.9 Å². The molecule has 1 aromatic carbocycles. The highest BCUT2D eigenvalue weighted by molar-refractivity contribution is 14.0. The first-order valence-corrected chi connectivity index (χ1v) is 10.2. The van der Waals surface area contributed by atoms with Crippen LogP contribution in [0.15, 0.2) is 35.3 Å². The highest BCUT2D eigenvalue weighted by atomic mass is 127. The van der Waals surface area contributed by atoms with E-state index in [0.29, 0.717) is 0 Å². The van der Waals surface area contributed by atoms with Gasteiger partial charge in [-0.15, -0.1) is 24.0 Å². The first-order valence-electron chi connectivity index (χ1n) is 10.2. The summed E-state index contributed by atoms with van der Waals surface area (Å²) < 4.78 is 5.91. The average molecular weight is 503 g/mol. The van der Waals surface area contributed by atoms with Crippen molar-refractivity contribution in [3.8, 4) is 0 Å². The van der Waals surface area contributed by atoms with Crippen molar-refractivity contribution in [1.82, 2.24) is 20.4 Å². The van der Waals surface area contributed by atoms with E-state index in [9.17, 15) is 0 Å². The van der Waals surface area contributed by atoms with E-state index in [4.69, 9.17) is 4.74 Å². The normalized spacial score (nSPS) is 17.5. The minimum atomic E-state index is 0. The number of likely N-dealkylation sites (N-methyl/N-ethyl adjacent to an activating group) is 1. The number of nitrogens with one attached hydrogen (secondary N) is 2. The third-order valence-corrected chi connectivity index (χ3v) is 5.01. The van der Waals surface area contributed by atoms with Crippen molar-refractivity contribution in [2.45, 2.75) is 25.9 Å². The number of hydrogen-bond acceptors (Lipinski definition) is 4. The molecule has 2 N–H and O–H groups in total. The molecule has 0 spiro atoms. The Morgan fingerprint density at radius 3 is 2.61 bits per heavy atom. The standard InChI is InChI=1S/C21H37N5O.HI/c1-19(20-9-5-4-6-10-20)27-18-7-11-23-21(22-2)24-12-15-26-14-8-13-25(3)16-17-26;/h4-6,9-10,19H,7-8,11-18H2,1-3H3,(H2,22,23,24);1H. The first kappa shape index (κ1) is 25.1. The minimum absolute atomic E-state index is 0. The molecule has 1 fully saturated rings. The molecular formula is C21H38IN5O. The van der Waals surface area contributed by atoms with Gasteiger partial charge in [0.25, 0.3) is 0 Å². The van der Waals surface area contributed by atoms with E-state index in [1.807, 2.05) is 13.1 Å². The molecule has 0 aliphatic carbocycles. The Hall–Kier alpha value is -0.900. The number of rotatable bonds is 9. The summed E-state index contributed by atoms with van der Waals surface area (Å²) in [5, 5.41) is 6.79. The van der Waals surface area contributed by atoms with Gasteiger partial charge in [0.05, 0.1) is 6.10 Å². The zero-order valence-corrected chi connectivity index (χ0v) is 20.0. The summed E-state index contributed by atoms with van der Waals surface area (Å²) in [6, 6.07) is 10.4. The lowest BCUT2D eigenvalue weighted by molar-refractivity contribution is 0.0646. The van der Waals surface area contributed by atoms with E-state index < -0.39 is 0 Å². The fourth-order valence-electron chi connectivity index (χ4n) is 3.24. The SMILES string of the molecule is CN=C(NCCCOC(C)c1ccccc1)NCCN1CCCN(C)CC1.I. The zero-order valence-electron chi connectivity index (χ0n) is 17.7. The number of guanidine groups is 1. The number of nitrogens with zero attached hydrogens (tertiary/aromatic N) is 3. The third-order valence-electron chi connectivity index (χ3n) is 5.01. The van der Waals surface area contributed by atoms with Crippen LogP contribution >= 0.6 is 24.0 Å². The fraction of sp³-hybridized carbons (Fsp3) is 0.667. The summed E-state index contributed by atoms with van der Waals surface area (Å²) >= 11 is 0. The van der Waals surface area contributed by atoms with Crippen LogP contribution in [0.1, 0.15) is 31.4 Å². The second-order valence-electron chi connectivity index (χ2n) is 7.20. The van der Waals surface area contributed by atoms with E-state index in [1.54, 1.807) is 0 Å². The van der Waals surface area contributed by atoms with Gasteiger partial charge >= 0.3 is 0 Å². The van der Waals surface area contributed by atoms with Crippen molar-refractivity contribution in [1.29, 1.82) is 0 Å². The molecule has 2 rings (SSSR count). The van der Waals surface area contributed by atoms with Gasteiger partial charge in [0, 0.05) is 46.4 Å². The van der Waals surface area contributed by atoms with Crippen LogP contribution in [0, 0.1) is 0 Å². The molecule has 6 nitrogen and oxygen atoms in total. The lowest BCUT2D eigenvalue weighted by Gasteiger charge is -2.21. The Balaban J connectivity index is 0.00000392. The molecule has 1 aromatic rings. The first-order chi connectivity index (χ1) is 13.2. The van der Waals surface area contributed by atoms with Gasteiger partial charge in [-0.1, -0.05) is 30.3 Å². The van der Waals surface area contributed by atoms with Gasteiger partial charge in [-0.25, -0.2) is 0 Å². The number of hydrogen-bond donors (Lipinski definition) is 2. The van der Waals surface area contributed by atoms with Gasteiger partial charge in [0.15, 0.2) is 5.96 Å². The number of ether oxygens (including phenoxy) is 1. The highest BCUT2D eigenvalue weighted by Gasteiger charge is 2.11. The van der Waals surface area contributed by atoms with Gasteiger partial charge in [0.1, 0.15) is 0 Å². The molecule has 28 heavy (non-hydrogen) atoms. The third kappa shape index (κ3) is 10.0. The quantitative estimate of drug-likeness (QED) is 0.235. The maximum Gasteiger partial charge on any atom is 0.191 e. The van der Waals surface area contributed by atoms with E-state index >= 15 is 0 Å². The van der Waals surface area contributed by atoms with E-state index in [0.717, 1.165) is 51.7 Å². The molecular weight excluding hydrogens is 465 g/mol. The van der Waals surface area contributed by atoms with Crippen molar-refractivity contribution < 1.29 is 4.74 Å². The number of aliphatic imine (C=N–C) groups is 1. The van der Waals surface area contributed by atoms with E-state index in [-0.39, 0.29) is 30.1 Å². The van der Waals surface area contributed by atoms with Crippen LogP contribution < -0.4 is 10.6 Å². The summed E-state index contributed by atoms with van der Waals surface area (Å²) in [7, 11) is 4.03. The molecule has 0 radical (unpaired) electrons. The number of benzene rings is 1. The smallest absolute Gasteiger partial charge is 0.191 e. The molecule has 1 atom stereocenters. The Bertz CT molecular complexity index is 543. The van der Waals surface area contributed by atoms with Gasteiger partial charge < -0.3 is 25.2 Å². The molecule has 0 aromatic heterocycles. The monoisotopic (exact) mass is 503 g/mol. The molecule has 1 aliphatic heterocycles. The molecule has 1 unspecified atom stereocenters. The van der Waals surface area contributed by atoms with E-state index in [1.165, 1.54) is 25.1 Å². The second kappa shape index (κ2) is 15.0. The summed E-state index contributed by atoms with van der Waals surface area (Å²) in [5.41, 5.74) is 1.22. The van der Waals surface area contributed by atoms with Gasteiger partial charge in [0.2, 0.25) is 0 Å². The Kier molecular flexibility index (Phi) is 13.5. The van der Waals surface area contributed by atoms with Crippen LogP contribution in [0.25, 0.3) is 0 Å². The molecule has 0 saturated carbocycles. The summed E-state index contributed by atoms with van der Waals surface area (Å²) in [4.78, 5) is 9.25. The van der Waals surface area contributed by atoms with Crippen LogP contribution in [0.2, 0.25) is 0 Å². The zero-order chi connectivity index (χ0) is 19.3. The Morgan fingerprint density at radius 1 is 1.11 bits per heavy atom. The lowest BCUT2D eigenvalue weighted by atomic mass is 10.1. The van der Waals surface area contributed by atoms with Crippen molar-refractivity contribution in [3.05, 3.63) is 35.9 Å². The Morgan fingerprint density at radius 2 is 1.86 bits per heavy atom. The largest absolute Gasteiger partial charge is 0.374 e. The second-order valence-corrected chi connectivity index (χ2v) is 7.20. The van der Waals surface area contributed by atoms with Crippen LogP contribution in [0.5, 0.6) is 0 Å². The average Bonchev–Trinajstić information content (AvgIpc) is 2.91. The minimum Gasteiger partial charge on any atom is -0.374 e. The van der Waals surface area contributed by atoms with Crippen molar-refractivity contribution in [2.75, 3.05) is 66.5 Å². The van der Waals surface area contributed by atoms with Gasteiger partial charge in [-0.2, -0.15) is 0 Å². The predicted molar refractivity (Wildman–Crippen MR) is 129 cm³/mol. The van der Waals surface area contributed by atoms with Crippen molar-refractivity contribution in [2.24, 2.45) is 4.99 Å². The van der Waals surface area contributed by atoms with Crippen LogP contribution in [-0.2, 0) is 4.74 Å². The summed E-state index contributed by atoms with van der Waals surface area (Å²) in [5.74, 6) is 0.873. The van der Waals surface area contributed by atoms with Crippen LogP contribution in [0.3, 0.4) is 0 Å². The lowest BCUT2D eigenvalue weighted by Crippen LogP contribution is -2.42. The van der Waals surface area contributed by atoms with Crippen LogP contribution in [0.4, 0.5) is 0 Å². The molecule has 160 valence electrons. The molecule has 0 amide bonds. The summed E-state index contributed by atoms with van der Waals surface area (Å²) in [6.07, 6.45) is 2.35. The Labute approximate surface area is 188 Å². The van der Waals surface area contributed by atoms with Crippen molar-refractivity contribution in [3.63, 3.8) is 0 Å². The summed E-state index contributed by atoms with van der Waals surface area (Å²) in [6.45, 7) is 10.4. The molecule has 7 heteroatoms. The molecule has 1 aliphatic rings.